The number of nitrogens with two attached hydrogens (primary N) is 1. The lowest BCUT2D eigenvalue weighted by Gasteiger charge is -2.12. The Hall–Kier alpha value is -1.86. The summed E-state index contributed by atoms with van der Waals surface area (Å²) in [7, 11) is -4.15. The van der Waals surface area contributed by atoms with Crippen LogP contribution in [-0.2, 0) is 10.0 Å². The van der Waals surface area contributed by atoms with Crippen LogP contribution < -0.4 is 10.5 Å². The van der Waals surface area contributed by atoms with Crippen molar-refractivity contribution < 1.29 is 12.8 Å². The van der Waals surface area contributed by atoms with Gasteiger partial charge in [0.2, 0.25) is 0 Å². The van der Waals surface area contributed by atoms with E-state index in [1.54, 1.807) is 26.0 Å². The van der Waals surface area contributed by atoms with Gasteiger partial charge in [0.15, 0.2) is 5.82 Å². The highest BCUT2D eigenvalue weighted by atomic mass is 35.5. The SMILES string of the molecule is Cc1ccc(NS(=O)(=O)c2cc(N)cc(Cl)c2F)c(C)n1. The van der Waals surface area contributed by atoms with E-state index < -0.39 is 20.7 Å². The molecule has 0 fully saturated rings. The van der Waals surface area contributed by atoms with Crippen molar-refractivity contribution in [2.75, 3.05) is 10.5 Å². The number of benzene rings is 1. The van der Waals surface area contributed by atoms with E-state index in [9.17, 15) is 12.8 Å². The molecule has 5 nitrogen and oxygen atoms in total. The molecule has 0 spiro atoms. The van der Waals surface area contributed by atoms with E-state index in [-0.39, 0.29) is 16.4 Å². The number of halogens is 2. The summed E-state index contributed by atoms with van der Waals surface area (Å²) in [5.41, 5.74) is 7.06. The standard InChI is InChI=1S/C13H13ClFN3O2S/c1-7-3-4-11(8(2)17-7)18-21(19,20)12-6-9(16)5-10(14)13(12)15/h3-6,18H,16H2,1-2H3. The monoisotopic (exact) mass is 329 g/mol. The summed E-state index contributed by atoms with van der Waals surface area (Å²) in [6, 6.07) is 5.36. The molecule has 1 aromatic carbocycles. The molecule has 0 saturated carbocycles. The predicted octanol–water partition coefficient (Wildman–Crippen LogP) is 2.87. The van der Waals surface area contributed by atoms with Crippen LogP contribution in [0.1, 0.15) is 11.4 Å². The van der Waals surface area contributed by atoms with Gasteiger partial charge >= 0.3 is 0 Å². The van der Waals surface area contributed by atoms with Crippen molar-refractivity contribution in [3.63, 3.8) is 0 Å². The van der Waals surface area contributed by atoms with Crippen molar-refractivity contribution in [3.8, 4) is 0 Å². The molecule has 112 valence electrons. The number of hydrogen-bond donors (Lipinski definition) is 2. The second kappa shape index (κ2) is 5.50. The van der Waals surface area contributed by atoms with Gasteiger partial charge in [0, 0.05) is 11.4 Å². The fourth-order valence-electron chi connectivity index (χ4n) is 1.77. The van der Waals surface area contributed by atoms with Crippen LogP contribution in [0.4, 0.5) is 15.8 Å². The molecule has 0 aliphatic heterocycles. The van der Waals surface area contributed by atoms with Crippen molar-refractivity contribution in [1.82, 2.24) is 4.98 Å². The Bertz CT molecular complexity index is 809. The molecule has 0 saturated heterocycles. The molecule has 0 radical (unpaired) electrons. The van der Waals surface area contributed by atoms with Gasteiger partial charge in [-0.2, -0.15) is 0 Å². The van der Waals surface area contributed by atoms with Gasteiger partial charge in [0.25, 0.3) is 10.0 Å². The third-order valence-corrected chi connectivity index (χ3v) is 4.42. The van der Waals surface area contributed by atoms with Crippen molar-refractivity contribution in [3.05, 3.63) is 46.5 Å². The quantitative estimate of drug-likeness (QED) is 0.848. The maximum absolute atomic E-state index is 13.9. The van der Waals surface area contributed by atoms with E-state index in [1.807, 2.05) is 0 Å². The molecule has 0 unspecified atom stereocenters. The Balaban J connectivity index is 2.48. The first-order valence-electron chi connectivity index (χ1n) is 5.92. The summed E-state index contributed by atoms with van der Waals surface area (Å²) >= 11 is 5.62. The van der Waals surface area contributed by atoms with Gasteiger partial charge in [-0.15, -0.1) is 0 Å². The number of pyridine rings is 1. The first-order valence-corrected chi connectivity index (χ1v) is 7.78. The Labute approximate surface area is 127 Å². The zero-order valence-corrected chi connectivity index (χ0v) is 12.9. The molecule has 0 bridgehead atoms. The first kappa shape index (κ1) is 15.5. The summed E-state index contributed by atoms with van der Waals surface area (Å²) in [5, 5.41) is -0.353. The van der Waals surface area contributed by atoms with Gasteiger partial charge in [-0.3, -0.25) is 9.71 Å². The highest BCUT2D eigenvalue weighted by molar-refractivity contribution is 7.92. The van der Waals surface area contributed by atoms with E-state index in [0.29, 0.717) is 5.69 Å². The highest BCUT2D eigenvalue weighted by Gasteiger charge is 2.22. The molecule has 2 rings (SSSR count). The summed E-state index contributed by atoms with van der Waals surface area (Å²) in [6.07, 6.45) is 0. The average molecular weight is 330 g/mol. The largest absolute Gasteiger partial charge is 0.399 e. The number of nitrogens with zero attached hydrogens (tertiary/aromatic N) is 1. The predicted molar refractivity (Wildman–Crippen MR) is 80.3 cm³/mol. The summed E-state index contributed by atoms with van der Waals surface area (Å²) in [5.74, 6) is -1.05. The van der Waals surface area contributed by atoms with E-state index in [4.69, 9.17) is 17.3 Å². The molecular formula is C13H13ClFN3O2S. The number of aromatic nitrogens is 1. The second-order valence-electron chi connectivity index (χ2n) is 4.51. The number of aryl methyl sites for hydroxylation is 2. The first-order chi connectivity index (χ1) is 9.70. The van der Waals surface area contributed by atoms with E-state index in [0.717, 1.165) is 17.8 Å². The van der Waals surface area contributed by atoms with Gasteiger partial charge < -0.3 is 5.73 Å². The fraction of sp³-hybridized carbons (Fsp3) is 0.154. The third-order valence-electron chi connectivity index (χ3n) is 2.78. The summed E-state index contributed by atoms with van der Waals surface area (Å²) < 4.78 is 40.7. The van der Waals surface area contributed by atoms with Crippen LogP contribution in [0, 0.1) is 19.7 Å². The fourth-order valence-corrected chi connectivity index (χ4v) is 3.31. The van der Waals surface area contributed by atoms with E-state index in [2.05, 4.69) is 9.71 Å². The lowest BCUT2D eigenvalue weighted by Crippen LogP contribution is -2.16. The van der Waals surface area contributed by atoms with E-state index >= 15 is 0 Å². The molecule has 1 heterocycles. The highest BCUT2D eigenvalue weighted by Crippen LogP contribution is 2.27. The van der Waals surface area contributed by atoms with Crippen LogP contribution in [0.2, 0.25) is 5.02 Å². The van der Waals surface area contributed by atoms with Gasteiger partial charge in [0.1, 0.15) is 4.90 Å². The van der Waals surface area contributed by atoms with E-state index in [1.165, 1.54) is 0 Å². The van der Waals surface area contributed by atoms with Crippen LogP contribution in [0.3, 0.4) is 0 Å². The Morgan fingerprint density at radius 3 is 2.57 bits per heavy atom. The average Bonchev–Trinajstić information content (AvgIpc) is 2.37. The lowest BCUT2D eigenvalue weighted by atomic mass is 10.3. The molecule has 0 aliphatic rings. The minimum absolute atomic E-state index is 0.0560. The van der Waals surface area contributed by atoms with Gasteiger partial charge in [-0.25, -0.2) is 12.8 Å². The molecule has 21 heavy (non-hydrogen) atoms. The molecule has 2 aromatic rings. The maximum Gasteiger partial charge on any atom is 0.265 e. The zero-order valence-electron chi connectivity index (χ0n) is 11.3. The molecule has 3 N–H and O–H groups in total. The summed E-state index contributed by atoms with van der Waals surface area (Å²) in [6.45, 7) is 3.43. The smallest absolute Gasteiger partial charge is 0.265 e. The number of nitrogen functional groups attached to an aromatic ring is 1. The number of rotatable bonds is 3. The summed E-state index contributed by atoms with van der Waals surface area (Å²) in [4.78, 5) is 3.53. The maximum atomic E-state index is 13.9. The normalized spacial score (nSPS) is 11.4. The number of hydrogen-bond acceptors (Lipinski definition) is 4. The van der Waals surface area contributed by atoms with Crippen molar-refractivity contribution in [1.29, 1.82) is 0 Å². The van der Waals surface area contributed by atoms with Gasteiger partial charge in [0.05, 0.1) is 16.4 Å². The Kier molecular flexibility index (Phi) is 4.06. The van der Waals surface area contributed by atoms with Crippen molar-refractivity contribution >= 4 is 33.0 Å². The Morgan fingerprint density at radius 2 is 1.95 bits per heavy atom. The van der Waals surface area contributed by atoms with Gasteiger partial charge in [-0.1, -0.05) is 11.6 Å². The molecule has 8 heteroatoms. The molecular weight excluding hydrogens is 317 g/mol. The van der Waals surface area contributed by atoms with Crippen LogP contribution in [-0.4, -0.2) is 13.4 Å². The molecule has 0 aliphatic carbocycles. The van der Waals surface area contributed by atoms with Crippen LogP contribution >= 0.6 is 11.6 Å². The van der Waals surface area contributed by atoms with Gasteiger partial charge in [-0.05, 0) is 38.1 Å². The molecule has 1 aromatic heterocycles. The minimum atomic E-state index is -4.15. The zero-order chi connectivity index (χ0) is 15.8. The van der Waals surface area contributed by atoms with Crippen molar-refractivity contribution in [2.45, 2.75) is 18.7 Å². The molecule has 0 atom stereocenters. The van der Waals surface area contributed by atoms with Crippen LogP contribution in [0.25, 0.3) is 0 Å². The molecule has 0 amide bonds. The lowest BCUT2D eigenvalue weighted by molar-refractivity contribution is 0.571. The van der Waals surface area contributed by atoms with Crippen molar-refractivity contribution in [2.24, 2.45) is 0 Å². The number of nitrogens with one attached hydrogen (secondary N) is 1. The minimum Gasteiger partial charge on any atom is -0.399 e. The van der Waals surface area contributed by atoms with Crippen LogP contribution in [0.5, 0.6) is 0 Å². The second-order valence-corrected chi connectivity index (χ2v) is 6.56. The third kappa shape index (κ3) is 3.25. The number of sulfonamides is 1. The number of anilines is 2. The van der Waals surface area contributed by atoms with Crippen LogP contribution in [0.15, 0.2) is 29.2 Å². The topological polar surface area (TPSA) is 85.1 Å². The Morgan fingerprint density at radius 1 is 1.29 bits per heavy atom.